The average molecular weight is 320 g/mol. The number of amides is 1. The Hall–Kier alpha value is -1.94. The molecule has 3 heterocycles. The summed E-state index contributed by atoms with van der Waals surface area (Å²) in [6.45, 7) is 2.38. The number of aryl methyl sites for hydroxylation is 1. The molecular weight excluding hydrogens is 310 g/mol. The lowest BCUT2D eigenvalue weighted by Gasteiger charge is -2.17. The second-order valence-electron chi connectivity index (χ2n) is 4.47. The highest BCUT2D eigenvalue weighted by atomic mass is 79.9. The topological polar surface area (TPSA) is 74.3 Å². The number of hydrogen-bond donors (Lipinski definition) is 0. The molecule has 1 atom stereocenters. The predicted molar refractivity (Wildman–Crippen MR) is 72.1 cm³/mol. The van der Waals surface area contributed by atoms with Crippen LogP contribution in [-0.4, -0.2) is 31.9 Å². The van der Waals surface area contributed by atoms with Crippen molar-refractivity contribution in [2.75, 3.05) is 11.4 Å². The normalized spacial score (nSPS) is 19.1. The summed E-state index contributed by atoms with van der Waals surface area (Å²) in [5.74, 6) is 0.492. The van der Waals surface area contributed by atoms with Gasteiger partial charge in [0.25, 0.3) is 0 Å². The Kier molecular flexibility index (Phi) is 2.75. The highest BCUT2D eigenvalue weighted by Gasteiger charge is 2.32. The van der Waals surface area contributed by atoms with E-state index in [2.05, 4.69) is 32.1 Å². The lowest BCUT2D eigenvalue weighted by Crippen LogP contribution is -2.28. The summed E-state index contributed by atoms with van der Waals surface area (Å²) in [5.41, 5.74) is 1.79. The molecule has 2 aromatic heterocycles. The molecule has 1 fully saturated rings. The van der Waals surface area contributed by atoms with Gasteiger partial charge in [0, 0.05) is 23.9 Å². The van der Waals surface area contributed by atoms with E-state index >= 15 is 0 Å². The molecule has 7 heteroatoms. The monoisotopic (exact) mass is 319 g/mol. The van der Waals surface area contributed by atoms with Gasteiger partial charge in [0.15, 0.2) is 11.5 Å². The van der Waals surface area contributed by atoms with Crippen LogP contribution in [-0.2, 0) is 4.79 Å². The average Bonchev–Trinajstić information content (AvgIpc) is 2.89. The van der Waals surface area contributed by atoms with Crippen LogP contribution in [0.3, 0.4) is 0 Å². The first-order valence-corrected chi connectivity index (χ1v) is 6.71. The van der Waals surface area contributed by atoms with E-state index in [9.17, 15) is 10.1 Å². The van der Waals surface area contributed by atoms with Crippen LogP contribution in [0, 0.1) is 18.3 Å². The summed E-state index contributed by atoms with van der Waals surface area (Å²) in [6.07, 6.45) is 1.91. The van der Waals surface area contributed by atoms with Crippen LogP contribution in [0.15, 0.2) is 12.3 Å². The van der Waals surface area contributed by atoms with E-state index in [1.807, 2.05) is 13.0 Å². The number of carbonyl (C=O) groups is 1. The van der Waals surface area contributed by atoms with Crippen LogP contribution in [0.1, 0.15) is 17.7 Å². The van der Waals surface area contributed by atoms with Crippen molar-refractivity contribution in [2.24, 2.45) is 0 Å². The smallest absolute Gasteiger partial charge is 0.229 e. The standard InChI is InChI=1S/C12H10BrN5O/c1-7-2-10-15-5-8(4-14)12(18(10)16-7)17-6-9(13)3-11(17)19/h2,5,9H,3,6H2,1H3. The van der Waals surface area contributed by atoms with Crippen molar-refractivity contribution < 1.29 is 4.79 Å². The molecular formula is C12H10BrN5O. The van der Waals surface area contributed by atoms with Crippen molar-refractivity contribution in [2.45, 2.75) is 18.2 Å². The zero-order valence-electron chi connectivity index (χ0n) is 10.2. The van der Waals surface area contributed by atoms with Gasteiger partial charge >= 0.3 is 0 Å². The molecule has 1 unspecified atom stereocenters. The molecule has 0 N–H and O–H groups in total. The molecule has 19 heavy (non-hydrogen) atoms. The molecule has 1 amide bonds. The SMILES string of the molecule is Cc1cc2ncc(C#N)c(N3CC(Br)CC3=O)n2n1. The molecule has 0 radical (unpaired) electrons. The number of halogens is 1. The maximum atomic E-state index is 12.0. The fourth-order valence-electron chi connectivity index (χ4n) is 2.24. The van der Waals surface area contributed by atoms with Gasteiger partial charge in [-0.3, -0.25) is 9.69 Å². The fraction of sp³-hybridized carbons (Fsp3) is 0.333. The molecule has 96 valence electrons. The summed E-state index contributed by atoms with van der Waals surface area (Å²) in [5, 5.41) is 13.5. The van der Waals surface area contributed by atoms with Crippen molar-refractivity contribution in [1.82, 2.24) is 14.6 Å². The Labute approximate surface area is 117 Å². The van der Waals surface area contributed by atoms with Crippen LogP contribution in [0.2, 0.25) is 0 Å². The molecule has 1 saturated heterocycles. The molecule has 0 saturated carbocycles. The van der Waals surface area contributed by atoms with Gasteiger partial charge in [0.1, 0.15) is 11.6 Å². The fourth-order valence-corrected chi connectivity index (χ4v) is 2.81. The predicted octanol–water partition coefficient (Wildman–Crippen LogP) is 1.41. The van der Waals surface area contributed by atoms with Gasteiger partial charge in [0.05, 0.1) is 11.9 Å². The lowest BCUT2D eigenvalue weighted by atomic mass is 10.3. The van der Waals surface area contributed by atoms with Gasteiger partial charge in [-0.15, -0.1) is 0 Å². The van der Waals surface area contributed by atoms with Crippen molar-refractivity contribution in [3.63, 3.8) is 0 Å². The summed E-state index contributed by atoms with van der Waals surface area (Å²) in [4.78, 5) is 17.9. The van der Waals surface area contributed by atoms with Crippen molar-refractivity contribution in [3.8, 4) is 6.07 Å². The number of carbonyl (C=O) groups excluding carboxylic acids is 1. The Bertz CT molecular complexity index is 717. The third kappa shape index (κ3) is 1.88. The van der Waals surface area contributed by atoms with E-state index in [1.165, 1.54) is 6.20 Å². The maximum absolute atomic E-state index is 12.0. The first kappa shape index (κ1) is 12.1. The molecule has 0 aromatic carbocycles. The molecule has 0 spiro atoms. The van der Waals surface area contributed by atoms with E-state index in [-0.39, 0.29) is 10.7 Å². The number of anilines is 1. The first-order valence-electron chi connectivity index (χ1n) is 5.80. The van der Waals surface area contributed by atoms with Gasteiger partial charge < -0.3 is 0 Å². The lowest BCUT2D eigenvalue weighted by molar-refractivity contribution is -0.117. The molecule has 1 aliphatic rings. The third-order valence-electron chi connectivity index (χ3n) is 3.03. The van der Waals surface area contributed by atoms with Gasteiger partial charge in [-0.05, 0) is 6.92 Å². The summed E-state index contributed by atoms with van der Waals surface area (Å²) >= 11 is 3.44. The van der Waals surface area contributed by atoms with Gasteiger partial charge in [-0.25, -0.2) is 4.98 Å². The molecule has 1 aliphatic heterocycles. The number of rotatable bonds is 1. The van der Waals surface area contributed by atoms with Crippen LogP contribution in [0.5, 0.6) is 0 Å². The van der Waals surface area contributed by atoms with E-state index < -0.39 is 0 Å². The number of nitrogens with zero attached hydrogens (tertiary/aromatic N) is 5. The number of aromatic nitrogens is 3. The second-order valence-corrected chi connectivity index (χ2v) is 5.76. The Balaban J connectivity index is 2.26. The van der Waals surface area contributed by atoms with Crippen LogP contribution in [0.25, 0.3) is 5.65 Å². The van der Waals surface area contributed by atoms with Crippen molar-refractivity contribution in [1.29, 1.82) is 5.26 Å². The van der Waals surface area contributed by atoms with Gasteiger partial charge in [-0.1, -0.05) is 15.9 Å². The highest BCUT2D eigenvalue weighted by Crippen LogP contribution is 2.28. The second kappa shape index (κ2) is 4.31. The Morgan fingerprint density at radius 3 is 3.00 bits per heavy atom. The minimum absolute atomic E-state index is 0.0148. The number of alkyl halides is 1. The van der Waals surface area contributed by atoms with Crippen LogP contribution >= 0.6 is 15.9 Å². The molecule has 3 rings (SSSR count). The van der Waals surface area contributed by atoms with E-state index in [1.54, 1.807) is 9.42 Å². The quantitative estimate of drug-likeness (QED) is 0.745. The number of fused-ring (bicyclic) bond motifs is 1. The minimum Gasteiger partial charge on any atom is -0.294 e. The number of nitriles is 1. The summed E-state index contributed by atoms with van der Waals surface area (Å²) in [6, 6.07) is 3.89. The Morgan fingerprint density at radius 2 is 2.37 bits per heavy atom. The van der Waals surface area contributed by atoms with E-state index in [0.717, 1.165) is 5.69 Å². The largest absolute Gasteiger partial charge is 0.294 e. The third-order valence-corrected chi connectivity index (χ3v) is 3.65. The zero-order valence-corrected chi connectivity index (χ0v) is 11.8. The zero-order chi connectivity index (χ0) is 13.6. The first-order chi connectivity index (χ1) is 9.10. The van der Waals surface area contributed by atoms with Gasteiger partial charge in [-0.2, -0.15) is 14.9 Å². The van der Waals surface area contributed by atoms with E-state index in [4.69, 9.17) is 0 Å². The highest BCUT2D eigenvalue weighted by molar-refractivity contribution is 9.09. The van der Waals surface area contributed by atoms with Crippen molar-refractivity contribution >= 4 is 33.3 Å². The van der Waals surface area contributed by atoms with Crippen LogP contribution < -0.4 is 4.90 Å². The molecule has 0 aliphatic carbocycles. The molecule has 2 aromatic rings. The molecule has 6 nitrogen and oxygen atoms in total. The summed E-state index contributed by atoms with van der Waals surface area (Å²) in [7, 11) is 0. The number of hydrogen-bond acceptors (Lipinski definition) is 4. The van der Waals surface area contributed by atoms with Crippen LogP contribution in [0.4, 0.5) is 5.82 Å². The van der Waals surface area contributed by atoms with Gasteiger partial charge in [0.2, 0.25) is 5.91 Å². The Morgan fingerprint density at radius 1 is 1.58 bits per heavy atom. The maximum Gasteiger partial charge on any atom is 0.229 e. The van der Waals surface area contributed by atoms with E-state index in [0.29, 0.717) is 30.0 Å². The molecule has 0 bridgehead atoms. The minimum atomic E-state index is -0.0148. The van der Waals surface area contributed by atoms with Crippen molar-refractivity contribution in [3.05, 3.63) is 23.5 Å². The summed E-state index contributed by atoms with van der Waals surface area (Å²) < 4.78 is 1.57.